The molecule has 1 aliphatic heterocycles. The Hall–Kier alpha value is -2.55. The maximum Gasteiger partial charge on any atom is 0.418 e. The number of carboxylic acid groups (broad SMARTS) is 1. The molecule has 1 atom stereocenters. The molecule has 0 radical (unpaired) electrons. The zero-order valence-electron chi connectivity index (χ0n) is 15.9. The van der Waals surface area contributed by atoms with Crippen molar-refractivity contribution in [3.8, 4) is 0 Å². The van der Waals surface area contributed by atoms with Crippen LogP contribution in [0.3, 0.4) is 0 Å². The third-order valence-corrected chi connectivity index (χ3v) is 4.58. The quantitative estimate of drug-likeness (QED) is 0.526. The first kappa shape index (κ1) is 22.7. The van der Waals surface area contributed by atoms with Crippen molar-refractivity contribution in [2.45, 2.75) is 45.9 Å². The van der Waals surface area contributed by atoms with Crippen LogP contribution in [0.4, 0.5) is 17.6 Å². The second kappa shape index (κ2) is 8.06. The number of esters is 1. The summed E-state index contributed by atoms with van der Waals surface area (Å²) in [7, 11) is 0. The number of allylic oxidation sites excluding steroid dienone is 2. The van der Waals surface area contributed by atoms with Crippen LogP contribution in [0.15, 0.2) is 34.7 Å². The molecular weight excluding hydrogens is 418 g/mol. The lowest BCUT2D eigenvalue weighted by molar-refractivity contribution is -0.144. The van der Waals surface area contributed by atoms with Crippen molar-refractivity contribution in [2.24, 2.45) is 0 Å². The number of benzene rings is 1. The number of alkyl halides is 3. The highest BCUT2D eigenvalue weighted by atomic mass is 35.5. The predicted molar refractivity (Wildman–Crippen MR) is 96.6 cm³/mol. The van der Waals surface area contributed by atoms with Crippen molar-refractivity contribution >= 4 is 23.5 Å². The molecule has 5 nitrogen and oxygen atoms in total. The van der Waals surface area contributed by atoms with E-state index in [1.165, 1.54) is 27.7 Å². The lowest BCUT2D eigenvalue weighted by Crippen LogP contribution is -2.34. The van der Waals surface area contributed by atoms with Gasteiger partial charge >= 0.3 is 18.1 Å². The average Bonchev–Trinajstić information content (AvgIpc) is 2.53. The molecule has 0 aliphatic carbocycles. The van der Waals surface area contributed by atoms with Gasteiger partial charge in [-0.05, 0) is 39.8 Å². The SMILES string of the molecule is CC1=C(C(=O)O)C(c2c(F)ccc(Cl)c2C(F)(F)F)C(C(=O)OC(C)C)=C(C)N1. The summed E-state index contributed by atoms with van der Waals surface area (Å²) in [6.07, 6.45) is -5.74. The first-order valence-corrected chi connectivity index (χ1v) is 8.83. The average molecular weight is 436 g/mol. The molecule has 1 aromatic rings. The molecule has 0 amide bonds. The van der Waals surface area contributed by atoms with Gasteiger partial charge in [0.05, 0.1) is 33.8 Å². The van der Waals surface area contributed by atoms with E-state index < -0.39 is 63.2 Å². The van der Waals surface area contributed by atoms with Gasteiger partial charge in [0.25, 0.3) is 0 Å². The third kappa shape index (κ3) is 4.39. The van der Waals surface area contributed by atoms with Crippen LogP contribution in [0.5, 0.6) is 0 Å². The molecule has 0 saturated carbocycles. The molecule has 0 bridgehead atoms. The van der Waals surface area contributed by atoms with E-state index in [0.29, 0.717) is 6.07 Å². The minimum atomic E-state index is -5.10. The van der Waals surface area contributed by atoms with Crippen molar-refractivity contribution in [3.63, 3.8) is 0 Å². The van der Waals surface area contributed by atoms with Gasteiger partial charge in [-0.1, -0.05) is 11.6 Å². The lowest BCUT2D eigenvalue weighted by Gasteiger charge is -2.32. The Morgan fingerprint density at radius 3 is 2.21 bits per heavy atom. The minimum absolute atomic E-state index is 0.0337. The van der Waals surface area contributed by atoms with Crippen LogP contribution >= 0.6 is 11.6 Å². The molecule has 1 aliphatic rings. The third-order valence-electron chi connectivity index (χ3n) is 4.27. The van der Waals surface area contributed by atoms with Crippen LogP contribution in [0.1, 0.15) is 44.7 Å². The summed E-state index contributed by atoms with van der Waals surface area (Å²) in [5.74, 6) is -5.90. The predicted octanol–water partition coefficient (Wildman–Crippen LogP) is 4.77. The van der Waals surface area contributed by atoms with E-state index in [2.05, 4.69) is 5.32 Å². The molecule has 0 aromatic heterocycles. The Morgan fingerprint density at radius 1 is 1.17 bits per heavy atom. The maximum absolute atomic E-state index is 14.8. The van der Waals surface area contributed by atoms with Gasteiger partial charge in [0, 0.05) is 17.0 Å². The van der Waals surface area contributed by atoms with E-state index in [0.717, 1.165) is 6.07 Å². The second-order valence-electron chi connectivity index (χ2n) is 6.71. The number of aliphatic carboxylic acids is 1. The fourth-order valence-electron chi connectivity index (χ4n) is 3.25. The van der Waals surface area contributed by atoms with Crippen LogP contribution in [0.2, 0.25) is 5.02 Å². The van der Waals surface area contributed by atoms with Gasteiger partial charge in [-0.25, -0.2) is 14.0 Å². The Balaban J connectivity index is 2.93. The van der Waals surface area contributed by atoms with E-state index in [1.54, 1.807) is 0 Å². The van der Waals surface area contributed by atoms with Crippen LogP contribution in [-0.2, 0) is 20.5 Å². The van der Waals surface area contributed by atoms with Crippen molar-refractivity contribution in [2.75, 3.05) is 0 Å². The zero-order chi connectivity index (χ0) is 22.3. The fourth-order valence-corrected chi connectivity index (χ4v) is 3.52. The smallest absolute Gasteiger partial charge is 0.418 e. The summed E-state index contributed by atoms with van der Waals surface area (Å²) in [4.78, 5) is 24.6. The number of hydrogen-bond donors (Lipinski definition) is 2. The number of halogens is 5. The molecule has 0 spiro atoms. The summed E-state index contributed by atoms with van der Waals surface area (Å²) in [5, 5.41) is 11.5. The largest absolute Gasteiger partial charge is 0.478 e. The second-order valence-corrected chi connectivity index (χ2v) is 7.12. The number of rotatable bonds is 4. The van der Waals surface area contributed by atoms with Gasteiger partial charge in [-0.3, -0.25) is 0 Å². The van der Waals surface area contributed by atoms with E-state index in [9.17, 15) is 32.3 Å². The molecule has 158 valence electrons. The van der Waals surface area contributed by atoms with Crippen molar-refractivity contribution < 1.29 is 37.0 Å². The van der Waals surface area contributed by atoms with Gasteiger partial charge in [0.1, 0.15) is 5.82 Å². The van der Waals surface area contributed by atoms with Crippen molar-refractivity contribution in [1.29, 1.82) is 0 Å². The Kier molecular flexibility index (Phi) is 6.32. The summed E-state index contributed by atoms with van der Waals surface area (Å²) in [6, 6.07) is 1.43. The fraction of sp³-hybridized carbons (Fsp3) is 0.368. The molecule has 0 saturated heterocycles. The summed E-state index contributed by atoms with van der Waals surface area (Å²) >= 11 is 5.72. The molecule has 2 rings (SSSR count). The molecule has 2 N–H and O–H groups in total. The molecule has 0 fully saturated rings. The highest BCUT2D eigenvalue weighted by Gasteiger charge is 2.45. The molecule has 1 heterocycles. The van der Waals surface area contributed by atoms with Gasteiger partial charge in [0.2, 0.25) is 0 Å². The van der Waals surface area contributed by atoms with Gasteiger partial charge < -0.3 is 15.2 Å². The number of ether oxygens (including phenoxy) is 1. The van der Waals surface area contributed by atoms with Gasteiger partial charge in [-0.15, -0.1) is 0 Å². The number of carbonyl (C=O) groups is 2. The number of carboxylic acids is 1. The lowest BCUT2D eigenvalue weighted by atomic mass is 9.78. The Bertz CT molecular complexity index is 935. The normalized spacial score (nSPS) is 17.5. The standard InChI is InChI=1S/C19H18ClF4NO4/c1-7(2)29-18(28)13-9(4)25-8(3)12(17(26)27)15(13)14-11(21)6-5-10(20)16(14)19(22,23)24/h5-7,15,25H,1-4H3,(H,26,27). The highest BCUT2D eigenvalue weighted by Crippen LogP contribution is 2.47. The Morgan fingerprint density at radius 2 is 1.72 bits per heavy atom. The number of carbonyl (C=O) groups excluding carboxylic acids is 1. The molecule has 10 heteroatoms. The van der Waals surface area contributed by atoms with E-state index >= 15 is 0 Å². The monoisotopic (exact) mass is 435 g/mol. The summed E-state index contributed by atoms with van der Waals surface area (Å²) in [6.45, 7) is 5.70. The molecular formula is C19H18ClF4NO4. The minimum Gasteiger partial charge on any atom is -0.478 e. The number of nitrogens with one attached hydrogen (secondary N) is 1. The Labute approximate surface area is 169 Å². The first-order chi connectivity index (χ1) is 13.3. The molecule has 1 aromatic carbocycles. The molecule has 1 unspecified atom stereocenters. The van der Waals surface area contributed by atoms with Crippen LogP contribution in [0.25, 0.3) is 0 Å². The number of hydrogen-bond acceptors (Lipinski definition) is 4. The first-order valence-electron chi connectivity index (χ1n) is 8.45. The topological polar surface area (TPSA) is 75.6 Å². The van der Waals surface area contributed by atoms with Crippen molar-refractivity contribution in [1.82, 2.24) is 5.32 Å². The van der Waals surface area contributed by atoms with Crippen LogP contribution < -0.4 is 5.32 Å². The van der Waals surface area contributed by atoms with Gasteiger partial charge in [0.15, 0.2) is 0 Å². The zero-order valence-corrected chi connectivity index (χ0v) is 16.6. The van der Waals surface area contributed by atoms with E-state index in [1.807, 2.05) is 0 Å². The van der Waals surface area contributed by atoms with Crippen LogP contribution in [0, 0.1) is 5.82 Å². The van der Waals surface area contributed by atoms with Crippen LogP contribution in [-0.4, -0.2) is 23.1 Å². The maximum atomic E-state index is 14.8. The van der Waals surface area contributed by atoms with E-state index in [-0.39, 0.29) is 11.4 Å². The van der Waals surface area contributed by atoms with Gasteiger partial charge in [-0.2, -0.15) is 13.2 Å². The number of dihydropyridines is 1. The van der Waals surface area contributed by atoms with Crippen molar-refractivity contribution in [3.05, 3.63) is 56.6 Å². The highest BCUT2D eigenvalue weighted by molar-refractivity contribution is 6.31. The van der Waals surface area contributed by atoms with E-state index in [4.69, 9.17) is 16.3 Å². The molecule has 29 heavy (non-hydrogen) atoms. The summed E-state index contributed by atoms with van der Waals surface area (Å²) < 4.78 is 61.1. The summed E-state index contributed by atoms with van der Waals surface area (Å²) in [5.41, 5.74) is -3.62.